The molecule has 1 amide bonds. The minimum atomic E-state index is 0.322. The highest BCUT2D eigenvalue weighted by Crippen LogP contribution is 2.32. The lowest BCUT2D eigenvalue weighted by Gasteiger charge is -2.40. The fourth-order valence-corrected chi connectivity index (χ4v) is 4.24. The van der Waals surface area contributed by atoms with Crippen LogP contribution in [-0.2, 0) is 4.79 Å². The van der Waals surface area contributed by atoms with E-state index in [4.69, 9.17) is 0 Å². The highest BCUT2D eigenvalue weighted by Gasteiger charge is 2.33. The van der Waals surface area contributed by atoms with E-state index in [1.165, 1.54) is 24.8 Å². The second-order valence-electron chi connectivity index (χ2n) is 6.97. The van der Waals surface area contributed by atoms with Crippen molar-refractivity contribution in [1.82, 2.24) is 9.80 Å². The van der Waals surface area contributed by atoms with Crippen LogP contribution in [0.3, 0.4) is 0 Å². The molecule has 22 heavy (non-hydrogen) atoms. The van der Waals surface area contributed by atoms with Crippen LogP contribution in [0.2, 0.25) is 0 Å². The molecule has 1 aromatic rings. The molecule has 0 saturated carbocycles. The van der Waals surface area contributed by atoms with Gasteiger partial charge in [-0.25, -0.2) is 0 Å². The number of rotatable bonds is 3. The summed E-state index contributed by atoms with van der Waals surface area (Å²) in [5, 5.41) is 0. The second kappa shape index (κ2) is 6.82. The van der Waals surface area contributed by atoms with Gasteiger partial charge >= 0.3 is 0 Å². The first-order valence-corrected chi connectivity index (χ1v) is 8.77. The number of amides is 1. The third kappa shape index (κ3) is 3.19. The summed E-state index contributed by atoms with van der Waals surface area (Å²) in [5.41, 5.74) is 1.35. The molecular weight excluding hydrogens is 272 g/mol. The van der Waals surface area contributed by atoms with E-state index >= 15 is 0 Å². The van der Waals surface area contributed by atoms with Gasteiger partial charge in [0.25, 0.3) is 0 Å². The highest BCUT2D eigenvalue weighted by atomic mass is 16.2. The molecule has 2 saturated heterocycles. The Labute approximate surface area is 134 Å². The lowest BCUT2D eigenvalue weighted by atomic mass is 9.97. The van der Waals surface area contributed by atoms with Crippen molar-refractivity contribution in [1.29, 1.82) is 0 Å². The van der Waals surface area contributed by atoms with Crippen LogP contribution in [0.1, 0.15) is 57.6 Å². The number of carbonyl (C=O) groups excluding carboxylic acids is 1. The average Bonchev–Trinajstić information content (AvgIpc) is 2.96. The van der Waals surface area contributed by atoms with Crippen LogP contribution in [-0.4, -0.2) is 40.9 Å². The Morgan fingerprint density at radius 3 is 2.41 bits per heavy atom. The molecule has 1 aromatic carbocycles. The fraction of sp³-hybridized carbons (Fsp3) is 0.632. The molecule has 0 bridgehead atoms. The maximum absolute atomic E-state index is 12.8. The molecule has 0 N–H and O–H groups in total. The maximum atomic E-state index is 12.8. The molecule has 2 aliphatic rings. The number of hydrogen-bond donors (Lipinski definition) is 0. The topological polar surface area (TPSA) is 23.6 Å². The second-order valence-corrected chi connectivity index (χ2v) is 6.97. The Morgan fingerprint density at radius 2 is 1.73 bits per heavy atom. The lowest BCUT2D eigenvalue weighted by molar-refractivity contribution is -0.138. The van der Waals surface area contributed by atoms with Crippen LogP contribution in [0.15, 0.2) is 30.3 Å². The first-order chi connectivity index (χ1) is 10.7. The van der Waals surface area contributed by atoms with Gasteiger partial charge in [-0.05, 0) is 58.1 Å². The molecule has 3 atom stereocenters. The summed E-state index contributed by atoms with van der Waals surface area (Å²) in [6.45, 7) is 6.02. The summed E-state index contributed by atoms with van der Waals surface area (Å²) in [4.78, 5) is 17.4. The third-order valence-corrected chi connectivity index (χ3v) is 5.37. The molecule has 3 unspecified atom stereocenters. The molecule has 0 radical (unpaired) electrons. The molecule has 0 spiro atoms. The first kappa shape index (κ1) is 15.5. The SMILES string of the molecule is CC1CCCC(C)N1C(=O)CN1CCCC1c1ccccc1. The van der Waals surface area contributed by atoms with Crippen molar-refractivity contribution in [3.63, 3.8) is 0 Å². The van der Waals surface area contributed by atoms with Gasteiger partial charge in [-0.1, -0.05) is 30.3 Å². The Morgan fingerprint density at radius 1 is 1.05 bits per heavy atom. The number of piperidine rings is 1. The fourth-order valence-electron chi connectivity index (χ4n) is 4.24. The smallest absolute Gasteiger partial charge is 0.237 e. The van der Waals surface area contributed by atoms with E-state index in [0.29, 0.717) is 30.6 Å². The van der Waals surface area contributed by atoms with E-state index in [1.54, 1.807) is 0 Å². The summed E-state index contributed by atoms with van der Waals surface area (Å²) < 4.78 is 0. The van der Waals surface area contributed by atoms with E-state index in [1.807, 2.05) is 0 Å². The Kier molecular flexibility index (Phi) is 4.82. The predicted octanol–water partition coefficient (Wildman–Crippen LogP) is 3.61. The largest absolute Gasteiger partial charge is 0.336 e. The molecule has 2 heterocycles. The molecule has 3 heteroatoms. The van der Waals surface area contributed by atoms with E-state index in [9.17, 15) is 4.79 Å². The predicted molar refractivity (Wildman–Crippen MR) is 89.6 cm³/mol. The number of likely N-dealkylation sites (tertiary alicyclic amines) is 2. The van der Waals surface area contributed by atoms with E-state index in [-0.39, 0.29) is 0 Å². The summed E-state index contributed by atoms with van der Waals surface area (Å²) in [6, 6.07) is 11.9. The number of benzene rings is 1. The molecular formula is C19H28N2O. The number of carbonyl (C=O) groups is 1. The molecule has 3 nitrogen and oxygen atoms in total. The van der Waals surface area contributed by atoms with E-state index < -0.39 is 0 Å². The minimum Gasteiger partial charge on any atom is -0.336 e. The summed E-state index contributed by atoms with van der Waals surface area (Å²) in [5.74, 6) is 0.322. The van der Waals surface area contributed by atoms with Gasteiger partial charge in [0.05, 0.1) is 6.54 Å². The highest BCUT2D eigenvalue weighted by molar-refractivity contribution is 5.79. The monoisotopic (exact) mass is 300 g/mol. The molecule has 0 aromatic heterocycles. The van der Waals surface area contributed by atoms with Gasteiger partial charge in [-0.2, -0.15) is 0 Å². The van der Waals surface area contributed by atoms with Gasteiger partial charge in [0, 0.05) is 18.1 Å². The van der Waals surface area contributed by atoms with Crippen molar-refractivity contribution in [2.24, 2.45) is 0 Å². The maximum Gasteiger partial charge on any atom is 0.237 e. The van der Waals surface area contributed by atoms with E-state index in [0.717, 1.165) is 19.4 Å². The minimum absolute atomic E-state index is 0.322. The van der Waals surface area contributed by atoms with Crippen LogP contribution < -0.4 is 0 Å². The zero-order valence-corrected chi connectivity index (χ0v) is 13.9. The van der Waals surface area contributed by atoms with Crippen molar-refractivity contribution in [2.75, 3.05) is 13.1 Å². The van der Waals surface area contributed by atoms with Gasteiger partial charge in [0.15, 0.2) is 0 Å². The zero-order chi connectivity index (χ0) is 15.5. The van der Waals surface area contributed by atoms with Gasteiger partial charge in [-0.3, -0.25) is 9.69 Å². The van der Waals surface area contributed by atoms with Crippen LogP contribution in [0, 0.1) is 0 Å². The van der Waals surface area contributed by atoms with Gasteiger partial charge in [-0.15, -0.1) is 0 Å². The van der Waals surface area contributed by atoms with Crippen LogP contribution in [0.5, 0.6) is 0 Å². The van der Waals surface area contributed by atoms with Crippen molar-refractivity contribution in [3.05, 3.63) is 35.9 Å². The normalized spacial score (nSPS) is 29.7. The van der Waals surface area contributed by atoms with Gasteiger partial charge < -0.3 is 4.90 Å². The van der Waals surface area contributed by atoms with Crippen molar-refractivity contribution in [3.8, 4) is 0 Å². The standard InChI is InChI=1S/C19H28N2O/c1-15-8-6-9-16(2)21(15)19(22)14-20-13-7-12-18(20)17-10-4-3-5-11-17/h3-5,10-11,15-16,18H,6-9,12-14H2,1-2H3. The summed E-state index contributed by atoms with van der Waals surface area (Å²) >= 11 is 0. The molecule has 2 aliphatic heterocycles. The van der Waals surface area contributed by atoms with Crippen LogP contribution in [0.4, 0.5) is 0 Å². The quantitative estimate of drug-likeness (QED) is 0.851. The van der Waals surface area contributed by atoms with Crippen molar-refractivity contribution < 1.29 is 4.79 Å². The number of hydrogen-bond acceptors (Lipinski definition) is 2. The molecule has 3 rings (SSSR count). The Bertz CT molecular complexity index is 491. The van der Waals surface area contributed by atoms with Crippen LogP contribution >= 0.6 is 0 Å². The third-order valence-electron chi connectivity index (χ3n) is 5.37. The van der Waals surface area contributed by atoms with E-state index in [2.05, 4.69) is 54.0 Å². The first-order valence-electron chi connectivity index (χ1n) is 8.77. The lowest BCUT2D eigenvalue weighted by Crippen LogP contribution is -2.51. The Hall–Kier alpha value is -1.35. The zero-order valence-electron chi connectivity index (χ0n) is 13.9. The number of nitrogens with zero attached hydrogens (tertiary/aromatic N) is 2. The molecule has 0 aliphatic carbocycles. The van der Waals surface area contributed by atoms with Gasteiger partial charge in [0.2, 0.25) is 5.91 Å². The Balaban J connectivity index is 1.68. The van der Waals surface area contributed by atoms with Crippen LogP contribution in [0.25, 0.3) is 0 Å². The van der Waals surface area contributed by atoms with Crippen molar-refractivity contribution in [2.45, 2.75) is 64.1 Å². The van der Waals surface area contributed by atoms with Gasteiger partial charge in [0.1, 0.15) is 0 Å². The average molecular weight is 300 g/mol. The molecule has 120 valence electrons. The van der Waals surface area contributed by atoms with Crippen molar-refractivity contribution >= 4 is 5.91 Å². The summed E-state index contributed by atoms with van der Waals surface area (Å²) in [6.07, 6.45) is 5.92. The molecule has 2 fully saturated rings. The summed E-state index contributed by atoms with van der Waals surface area (Å²) in [7, 11) is 0.